The van der Waals surface area contributed by atoms with E-state index >= 15 is 0 Å². The molecule has 5 nitrogen and oxygen atoms in total. The zero-order valence-electron chi connectivity index (χ0n) is 16.2. The van der Waals surface area contributed by atoms with Crippen LogP contribution in [0, 0.1) is 11.7 Å². The van der Waals surface area contributed by atoms with Crippen molar-refractivity contribution in [2.45, 2.75) is 25.9 Å². The van der Waals surface area contributed by atoms with Gasteiger partial charge in [0, 0.05) is 22.7 Å². The molecule has 2 N–H and O–H groups in total. The Morgan fingerprint density at radius 3 is 2.62 bits per heavy atom. The molecule has 0 radical (unpaired) electrons. The lowest BCUT2D eigenvalue weighted by molar-refractivity contribution is 0.355. The normalized spacial score (nSPS) is 15.0. The minimum atomic E-state index is -0.346. The van der Waals surface area contributed by atoms with E-state index in [1.54, 1.807) is 12.1 Å². The predicted octanol–water partition coefficient (Wildman–Crippen LogP) is 3.88. The van der Waals surface area contributed by atoms with Crippen LogP contribution in [-0.4, -0.2) is 34.6 Å². The maximum absolute atomic E-state index is 14.2. The first-order valence-electron chi connectivity index (χ1n) is 10.0. The zero-order chi connectivity index (χ0) is 20.1. The summed E-state index contributed by atoms with van der Waals surface area (Å²) in [4.78, 5) is 1.54. The van der Waals surface area contributed by atoms with Crippen molar-refractivity contribution < 1.29 is 4.39 Å². The molecule has 2 heterocycles. The fourth-order valence-electron chi connectivity index (χ4n) is 3.70. The quantitative estimate of drug-likeness (QED) is 0.617. The minimum absolute atomic E-state index is 0.194. The maximum atomic E-state index is 14.2. The third kappa shape index (κ3) is 5.01. The lowest BCUT2D eigenvalue weighted by Crippen LogP contribution is -2.33. The Hall–Kier alpha value is -2.28. The number of halogens is 2. The average Bonchev–Trinajstić information content (AvgIpc) is 3.15. The van der Waals surface area contributed by atoms with E-state index in [9.17, 15) is 4.39 Å². The third-order valence-corrected chi connectivity index (χ3v) is 5.67. The molecule has 1 saturated heterocycles. The van der Waals surface area contributed by atoms with Crippen LogP contribution in [0.2, 0.25) is 5.02 Å². The predicted molar refractivity (Wildman–Crippen MR) is 113 cm³/mol. The van der Waals surface area contributed by atoms with Gasteiger partial charge in [0.05, 0.1) is 6.54 Å². The van der Waals surface area contributed by atoms with Gasteiger partial charge in [-0.3, -0.25) is 0 Å². The number of nitrogens with zero attached hydrogens (tertiary/aromatic N) is 3. The molecule has 0 atom stereocenters. The highest BCUT2D eigenvalue weighted by Gasteiger charge is 2.17. The summed E-state index contributed by atoms with van der Waals surface area (Å²) < 4.78 is 14.2. The summed E-state index contributed by atoms with van der Waals surface area (Å²) in [6, 6.07) is 14.7. The number of hydrogen-bond donors (Lipinski definition) is 2. The average molecular weight is 414 g/mol. The van der Waals surface area contributed by atoms with E-state index in [1.165, 1.54) is 23.7 Å². The Bertz CT molecular complexity index is 917. The Morgan fingerprint density at radius 1 is 1.07 bits per heavy atom. The van der Waals surface area contributed by atoms with Crippen LogP contribution in [0.15, 0.2) is 48.5 Å². The fraction of sp³-hybridized carbons (Fsp3) is 0.364. The van der Waals surface area contributed by atoms with Gasteiger partial charge in [0.15, 0.2) is 0 Å². The van der Waals surface area contributed by atoms with Crippen LogP contribution < -0.4 is 10.6 Å². The van der Waals surface area contributed by atoms with Gasteiger partial charge >= 0.3 is 0 Å². The van der Waals surface area contributed by atoms with Crippen LogP contribution in [0.4, 0.5) is 4.39 Å². The highest BCUT2D eigenvalue weighted by atomic mass is 35.5. The second-order valence-corrected chi connectivity index (χ2v) is 7.82. The summed E-state index contributed by atoms with van der Waals surface area (Å²) in [7, 11) is 0. The highest BCUT2D eigenvalue weighted by molar-refractivity contribution is 6.31. The Balaban J connectivity index is 1.54. The molecule has 29 heavy (non-hydrogen) atoms. The SMILES string of the molecule is Fc1cccc(Cl)c1Cn1nc(CNCC2CCNCC2)c(-c2ccccc2)n1. The fourth-order valence-corrected chi connectivity index (χ4v) is 3.92. The van der Waals surface area contributed by atoms with Crippen LogP contribution in [0.5, 0.6) is 0 Å². The van der Waals surface area contributed by atoms with Crippen LogP contribution in [-0.2, 0) is 13.1 Å². The van der Waals surface area contributed by atoms with Gasteiger partial charge in [0.1, 0.15) is 17.2 Å². The van der Waals surface area contributed by atoms with Gasteiger partial charge in [-0.25, -0.2) is 4.39 Å². The van der Waals surface area contributed by atoms with E-state index in [2.05, 4.69) is 20.8 Å². The second kappa shape index (κ2) is 9.48. The van der Waals surface area contributed by atoms with Crippen molar-refractivity contribution in [2.24, 2.45) is 5.92 Å². The van der Waals surface area contributed by atoms with Gasteiger partial charge < -0.3 is 10.6 Å². The molecule has 1 fully saturated rings. The lowest BCUT2D eigenvalue weighted by atomic mass is 9.98. The van der Waals surface area contributed by atoms with E-state index in [1.807, 2.05) is 30.3 Å². The second-order valence-electron chi connectivity index (χ2n) is 7.42. The Morgan fingerprint density at radius 2 is 1.86 bits per heavy atom. The van der Waals surface area contributed by atoms with Gasteiger partial charge in [-0.2, -0.15) is 15.0 Å². The molecule has 1 aromatic heterocycles. The first-order chi connectivity index (χ1) is 14.2. The van der Waals surface area contributed by atoms with E-state index in [-0.39, 0.29) is 12.4 Å². The van der Waals surface area contributed by atoms with Crippen molar-refractivity contribution in [3.05, 3.63) is 70.6 Å². The molecular weight excluding hydrogens is 389 g/mol. The molecule has 0 spiro atoms. The molecule has 4 rings (SSSR count). The summed E-state index contributed by atoms with van der Waals surface area (Å²) in [5.74, 6) is 0.338. The summed E-state index contributed by atoms with van der Waals surface area (Å²) in [6.07, 6.45) is 2.38. The van der Waals surface area contributed by atoms with Gasteiger partial charge in [0.2, 0.25) is 0 Å². The van der Waals surface area contributed by atoms with Gasteiger partial charge in [-0.15, -0.1) is 0 Å². The van der Waals surface area contributed by atoms with Crippen molar-refractivity contribution in [3.63, 3.8) is 0 Å². The van der Waals surface area contributed by atoms with Crippen molar-refractivity contribution in [1.29, 1.82) is 0 Å². The third-order valence-electron chi connectivity index (χ3n) is 5.32. The molecule has 2 aromatic carbocycles. The summed E-state index contributed by atoms with van der Waals surface area (Å²) in [6.45, 7) is 3.95. The van der Waals surface area contributed by atoms with E-state index in [0.29, 0.717) is 23.0 Å². The molecule has 7 heteroatoms. The van der Waals surface area contributed by atoms with E-state index in [4.69, 9.17) is 11.6 Å². The monoisotopic (exact) mass is 413 g/mol. The van der Waals surface area contributed by atoms with Gasteiger partial charge in [-0.1, -0.05) is 48.0 Å². The van der Waals surface area contributed by atoms with E-state index < -0.39 is 0 Å². The van der Waals surface area contributed by atoms with Gasteiger partial charge in [-0.05, 0) is 50.5 Å². The lowest BCUT2D eigenvalue weighted by Gasteiger charge is -2.22. The van der Waals surface area contributed by atoms with Crippen molar-refractivity contribution in [1.82, 2.24) is 25.6 Å². The molecule has 152 valence electrons. The molecular formula is C22H25ClFN5. The van der Waals surface area contributed by atoms with Crippen molar-refractivity contribution in [2.75, 3.05) is 19.6 Å². The molecule has 0 amide bonds. The summed E-state index contributed by atoms with van der Waals surface area (Å²) in [5.41, 5.74) is 3.07. The highest BCUT2D eigenvalue weighted by Crippen LogP contribution is 2.23. The number of piperidine rings is 1. The largest absolute Gasteiger partial charge is 0.317 e. The maximum Gasteiger partial charge on any atom is 0.129 e. The number of hydrogen-bond acceptors (Lipinski definition) is 4. The van der Waals surface area contributed by atoms with Crippen LogP contribution >= 0.6 is 11.6 Å². The molecule has 0 unspecified atom stereocenters. The Labute approximate surface area is 175 Å². The first kappa shape index (κ1) is 20.0. The minimum Gasteiger partial charge on any atom is -0.317 e. The molecule has 0 bridgehead atoms. The zero-order valence-corrected chi connectivity index (χ0v) is 17.0. The van der Waals surface area contributed by atoms with E-state index in [0.717, 1.165) is 36.6 Å². The van der Waals surface area contributed by atoms with Crippen molar-refractivity contribution >= 4 is 11.6 Å². The number of aromatic nitrogens is 3. The van der Waals surface area contributed by atoms with Crippen LogP contribution in [0.25, 0.3) is 11.3 Å². The molecule has 0 saturated carbocycles. The summed E-state index contributed by atoms with van der Waals surface area (Å²) in [5, 5.41) is 16.6. The van der Waals surface area contributed by atoms with Crippen molar-refractivity contribution in [3.8, 4) is 11.3 Å². The van der Waals surface area contributed by atoms with Gasteiger partial charge in [0.25, 0.3) is 0 Å². The van der Waals surface area contributed by atoms with Crippen LogP contribution in [0.1, 0.15) is 24.1 Å². The number of rotatable bonds is 7. The standard InChI is InChI=1S/C22H25ClFN5/c23-19-7-4-8-20(24)18(19)15-29-27-21(14-26-13-16-9-11-25-12-10-16)22(28-29)17-5-2-1-3-6-17/h1-8,16,25-26H,9-15H2. The first-order valence-corrected chi connectivity index (χ1v) is 10.4. The summed E-state index contributed by atoms with van der Waals surface area (Å²) >= 11 is 6.19. The number of benzene rings is 2. The van der Waals surface area contributed by atoms with Crippen LogP contribution in [0.3, 0.4) is 0 Å². The molecule has 0 aliphatic carbocycles. The number of nitrogens with one attached hydrogen (secondary N) is 2. The molecule has 1 aliphatic heterocycles. The smallest absolute Gasteiger partial charge is 0.129 e. The topological polar surface area (TPSA) is 54.8 Å². The molecule has 1 aliphatic rings. The molecule has 3 aromatic rings. The Kier molecular flexibility index (Phi) is 6.54.